The summed E-state index contributed by atoms with van der Waals surface area (Å²) in [6.07, 6.45) is 1.39. The molecule has 0 bridgehead atoms. The average Bonchev–Trinajstić information content (AvgIpc) is 3.13. The zero-order chi connectivity index (χ0) is 20.9. The lowest BCUT2D eigenvalue weighted by atomic mass is 9.77. The van der Waals surface area contributed by atoms with Gasteiger partial charge in [-0.15, -0.1) is 0 Å². The molecule has 1 unspecified atom stereocenters. The van der Waals surface area contributed by atoms with Crippen LogP contribution in [0.2, 0.25) is 0 Å². The van der Waals surface area contributed by atoms with Crippen LogP contribution in [-0.2, 0) is 9.53 Å². The Kier molecular flexibility index (Phi) is 4.60. The topological polar surface area (TPSA) is 54.1 Å². The normalized spacial score (nSPS) is 20.2. The number of para-hydroxylation sites is 1. The van der Waals surface area contributed by atoms with Crippen molar-refractivity contribution in [2.24, 2.45) is 0 Å². The Morgan fingerprint density at radius 3 is 2.72 bits per heavy atom. The van der Waals surface area contributed by atoms with E-state index < -0.39 is 29.2 Å². The smallest absolute Gasteiger partial charge is 0.305 e. The Morgan fingerprint density at radius 2 is 2.00 bits per heavy atom. The van der Waals surface area contributed by atoms with Gasteiger partial charge in [-0.3, -0.25) is 4.79 Å². The Labute approximate surface area is 168 Å². The van der Waals surface area contributed by atoms with E-state index in [1.807, 2.05) is 32.9 Å². The third kappa shape index (κ3) is 3.07. The Morgan fingerprint density at radius 1 is 1.24 bits per heavy atom. The summed E-state index contributed by atoms with van der Waals surface area (Å²) in [5.41, 5.74) is 1.12. The second kappa shape index (κ2) is 6.87. The van der Waals surface area contributed by atoms with Crippen LogP contribution in [0.4, 0.5) is 14.5 Å². The number of benzene rings is 2. The zero-order valence-electron chi connectivity index (χ0n) is 16.9. The quantitative estimate of drug-likeness (QED) is 0.553. The third-order valence-corrected chi connectivity index (χ3v) is 5.74. The van der Waals surface area contributed by atoms with Crippen molar-refractivity contribution in [1.29, 1.82) is 0 Å². The number of H-pyrrole nitrogens is 1. The third-order valence-electron chi connectivity index (χ3n) is 5.74. The highest BCUT2D eigenvalue weighted by Crippen LogP contribution is 2.46. The van der Waals surface area contributed by atoms with E-state index in [9.17, 15) is 4.79 Å². The van der Waals surface area contributed by atoms with Gasteiger partial charge in [0.2, 0.25) is 0 Å². The first kappa shape index (κ1) is 19.4. The van der Waals surface area contributed by atoms with Crippen molar-refractivity contribution >= 4 is 22.6 Å². The monoisotopic (exact) mass is 398 g/mol. The van der Waals surface area contributed by atoms with Crippen LogP contribution in [-0.4, -0.2) is 22.6 Å². The number of hydrogen-bond donors (Lipinski definition) is 2. The van der Waals surface area contributed by atoms with E-state index >= 15 is 8.78 Å². The van der Waals surface area contributed by atoms with Crippen LogP contribution in [0.1, 0.15) is 45.6 Å². The molecule has 0 spiro atoms. The molecule has 2 atom stereocenters. The first-order valence-electron chi connectivity index (χ1n) is 9.80. The summed E-state index contributed by atoms with van der Waals surface area (Å²) < 4.78 is 36.6. The second-order valence-corrected chi connectivity index (χ2v) is 8.16. The van der Waals surface area contributed by atoms with Crippen molar-refractivity contribution in [3.63, 3.8) is 0 Å². The average molecular weight is 398 g/mol. The van der Waals surface area contributed by atoms with Gasteiger partial charge in [-0.2, -0.15) is 0 Å². The molecule has 29 heavy (non-hydrogen) atoms. The molecule has 4 rings (SSSR count). The molecule has 0 saturated heterocycles. The van der Waals surface area contributed by atoms with E-state index in [0.717, 1.165) is 5.39 Å². The summed E-state index contributed by atoms with van der Waals surface area (Å²) in [5.74, 6) is -2.06. The number of carbonyl (C=O) groups excluding carboxylic acids is 1. The number of fused-ring (bicyclic) bond motifs is 2. The first-order valence-corrected chi connectivity index (χ1v) is 9.80. The molecule has 1 aliphatic heterocycles. The predicted molar refractivity (Wildman–Crippen MR) is 110 cm³/mol. The molecule has 152 valence electrons. The van der Waals surface area contributed by atoms with Gasteiger partial charge in [-0.1, -0.05) is 32.0 Å². The van der Waals surface area contributed by atoms with Crippen LogP contribution in [0.15, 0.2) is 36.5 Å². The van der Waals surface area contributed by atoms with Crippen LogP contribution in [0.25, 0.3) is 22.0 Å². The van der Waals surface area contributed by atoms with Crippen LogP contribution >= 0.6 is 0 Å². The van der Waals surface area contributed by atoms with E-state index in [4.69, 9.17) is 4.74 Å². The molecule has 2 N–H and O–H groups in total. The van der Waals surface area contributed by atoms with E-state index in [-0.39, 0.29) is 18.0 Å². The molecule has 6 heteroatoms. The van der Waals surface area contributed by atoms with Crippen LogP contribution in [0.5, 0.6) is 0 Å². The fourth-order valence-corrected chi connectivity index (χ4v) is 4.39. The summed E-state index contributed by atoms with van der Waals surface area (Å²) in [6.45, 7) is 7.26. The summed E-state index contributed by atoms with van der Waals surface area (Å²) >= 11 is 0. The highest BCUT2D eigenvalue weighted by molar-refractivity contribution is 5.95. The van der Waals surface area contributed by atoms with Crippen molar-refractivity contribution < 1.29 is 18.3 Å². The highest BCUT2D eigenvalue weighted by Gasteiger charge is 2.44. The molecular formula is C23H24F2N2O2. The number of anilines is 1. The number of rotatable bonds is 3. The van der Waals surface area contributed by atoms with Crippen LogP contribution in [0, 0.1) is 11.6 Å². The lowest BCUT2D eigenvalue weighted by molar-refractivity contribution is -0.152. The summed E-state index contributed by atoms with van der Waals surface area (Å²) in [6, 6.07) is 8.56. The Balaban J connectivity index is 1.90. The van der Waals surface area contributed by atoms with Crippen molar-refractivity contribution in [2.75, 3.05) is 5.32 Å². The van der Waals surface area contributed by atoms with Crippen molar-refractivity contribution in [1.82, 2.24) is 4.98 Å². The standard InChI is InChI=1S/C23H24F2N2O2/c1-5-17(28)29-22-12(2)18-16(27-23(22,3)4)11-15(24)19(20(18)25)14-8-6-7-13-9-10-26-21(13)14/h6-12,22,26-27H,5H2,1-4H3/t12-,22?/m0/s1. The number of hydrogen-bond acceptors (Lipinski definition) is 3. The van der Waals surface area contributed by atoms with Gasteiger partial charge in [0.1, 0.15) is 17.7 Å². The van der Waals surface area contributed by atoms with E-state index in [0.29, 0.717) is 22.3 Å². The number of halogens is 2. The van der Waals surface area contributed by atoms with Crippen molar-refractivity contribution in [3.8, 4) is 11.1 Å². The van der Waals surface area contributed by atoms with Gasteiger partial charge in [-0.25, -0.2) is 8.78 Å². The zero-order valence-corrected chi connectivity index (χ0v) is 16.9. The summed E-state index contributed by atoms with van der Waals surface area (Å²) in [5, 5.41) is 4.05. The summed E-state index contributed by atoms with van der Waals surface area (Å²) in [4.78, 5) is 15.0. The molecule has 4 nitrogen and oxygen atoms in total. The number of ether oxygens (including phenoxy) is 1. The number of aromatic nitrogens is 1. The maximum atomic E-state index is 15.8. The minimum Gasteiger partial charge on any atom is -0.459 e. The second-order valence-electron chi connectivity index (χ2n) is 8.16. The molecule has 0 amide bonds. The van der Waals surface area contributed by atoms with Gasteiger partial charge < -0.3 is 15.0 Å². The maximum absolute atomic E-state index is 15.8. The first-order chi connectivity index (χ1) is 13.7. The SMILES string of the molecule is CCC(=O)OC1[C@@H](C)c2c(cc(F)c(-c3cccc4cc[nH]c34)c2F)NC1(C)C. The van der Waals surface area contributed by atoms with Gasteiger partial charge in [0.25, 0.3) is 0 Å². The van der Waals surface area contributed by atoms with E-state index in [1.54, 1.807) is 25.3 Å². The van der Waals surface area contributed by atoms with Gasteiger partial charge in [0.05, 0.1) is 16.6 Å². The molecule has 2 heterocycles. The molecule has 0 aliphatic carbocycles. The maximum Gasteiger partial charge on any atom is 0.305 e. The molecule has 1 aliphatic rings. The predicted octanol–water partition coefficient (Wildman–Crippen LogP) is 5.74. The van der Waals surface area contributed by atoms with Gasteiger partial charge in [0.15, 0.2) is 0 Å². The molecular weight excluding hydrogens is 374 g/mol. The van der Waals surface area contributed by atoms with E-state index in [2.05, 4.69) is 10.3 Å². The largest absolute Gasteiger partial charge is 0.459 e. The fourth-order valence-electron chi connectivity index (χ4n) is 4.39. The van der Waals surface area contributed by atoms with Crippen LogP contribution in [0.3, 0.4) is 0 Å². The molecule has 0 radical (unpaired) electrons. The molecule has 2 aromatic carbocycles. The molecule has 1 aromatic heterocycles. The van der Waals surface area contributed by atoms with Crippen molar-refractivity contribution in [3.05, 3.63) is 53.7 Å². The number of nitrogens with one attached hydrogen (secondary N) is 2. The molecule has 0 fully saturated rings. The Bertz CT molecular complexity index is 1100. The van der Waals surface area contributed by atoms with Gasteiger partial charge >= 0.3 is 5.97 Å². The van der Waals surface area contributed by atoms with Gasteiger partial charge in [0, 0.05) is 35.3 Å². The van der Waals surface area contributed by atoms with E-state index in [1.165, 1.54) is 6.07 Å². The van der Waals surface area contributed by atoms with Gasteiger partial charge in [-0.05, 0) is 31.4 Å². The Hall–Kier alpha value is -2.89. The number of carbonyl (C=O) groups is 1. The van der Waals surface area contributed by atoms with Crippen LogP contribution < -0.4 is 5.32 Å². The minimum atomic E-state index is -0.670. The van der Waals surface area contributed by atoms with Crippen molar-refractivity contribution in [2.45, 2.75) is 51.7 Å². The lowest BCUT2D eigenvalue weighted by Gasteiger charge is -2.44. The number of esters is 1. The minimum absolute atomic E-state index is 0.0780. The molecule has 0 saturated carbocycles. The number of aromatic amines is 1. The molecule has 3 aromatic rings. The fraction of sp³-hybridized carbons (Fsp3) is 0.348. The lowest BCUT2D eigenvalue weighted by Crippen LogP contribution is -2.52. The summed E-state index contributed by atoms with van der Waals surface area (Å²) in [7, 11) is 0. The highest BCUT2D eigenvalue weighted by atomic mass is 19.1.